The molecule has 0 spiro atoms. The van der Waals surface area contributed by atoms with Crippen molar-refractivity contribution in [1.29, 1.82) is 0 Å². The number of carboxylic acid groups (broad SMARTS) is 1. The third kappa shape index (κ3) is 3.87. The van der Waals surface area contributed by atoms with Crippen molar-refractivity contribution in [3.05, 3.63) is 0 Å². The van der Waals surface area contributed by atoms with E-state index >= 15 is 0 Å². The average Bonchev–Trinajstić information content (AvgIpc) is 3.10. The van der Waals surface area contributed by atoms with Crippen molar-refractivity contribution in [3.8, 4) is 0 Å². The second kappa shape index (κ2) is 6.46. The molecule has 0 radical (unpaired) electrons. The third-order valence-corrected chi connectivity index (χ3v) is 4.30. The Hall–Kier alpha value is -1.26. The Morgan fingerprint density at radius 1 is 1.25 bits per heavy atom. The van der Waals surface area contributed by atoms with Gasteiger partial charge in [-0.3, -0.25) is 4.79 Å². The van der Waals surface area contributed by atoms with Crippen molar-refractivity contribution >= 4 is 12.0 Å². The second-order valence-electron chi connectivity index (χ2n) is 6.60. The summed E-state index contributed by atoms with van der Waals surface area (Å²) in [5, 5.41) is 12.1. The van der Waals surface area contributed by atoms with E-state index in [1.165, 1.54) is 0 Å². The molecule has 0 aromatic heterocycles. The smallest absolute Gasteiger partial charge is 0.317 e. The van der Waals surface area contributed by atoms with Crippen LogP contribution in [0.25, 0.3) is 0 Å². The Balaban J connectivity index is 1.82. The summed E-state index contributed by atoms with van der Waals surface area (Å²) in [7, 11) is 0. The van der Waals surface area contributed by atoms with Crippen LogP contribution >= 0.6 is 0 Å². The van der Waals surface area contributed by atoms with Crippen LogP contribution in [0.3, 0.4) is 0 Å². The number of rotatable bonds is 6. The Bertz CT molecular complexity index is 366. The summed E-state index contributed by atoms with van der Waals surface area (Å²) in [6.45, 7) is 5.50. The zero-order valence-corrected chi connectivity index (χ0v) is 12.5. The first-order chi connectivity index (χ1) is 9.49. The molecule has 0 aliphatic heterocycles. The minimum atomic E-state index is -0.719. The van der Waals surface area contributed by atoms with Gasteiger partial charge in [-0.1, -0.05) is 20.3 Å². The molecule has 0 aromatic rings. The number of urea groups is 1. The number of carbonyl (C=O) groups excluding carboxylic acids is 1. The van der Waals surface area contributed by atoms with Crippen LogP contribution in [0, 0.1) is 17.8 Å². The predicted octanol–water partition coefficient (Wildman–Crippen LogP) is 2.32. The number of aliphatic carboxylic acids is 1. The van der Waals surface area contributed by atoms with Gasteiger partial charge in [0, 0.05) is 19.1 Å². The van der Waals surface area contributed by atoms with Crippen molar-refractivity contribution in [2.75, 3.05) is 13.1 Å². The number of hydrogen-bond acceptors (Lipinski definition) is 2. The largest absolute Gasteiger partial charge is 0.481 e. The summed E-state index contributed by atoms with van der Waals surface area (Å²) in [6, 6.07) is 0.383. The fourth-order valence-corrected chi connectivity index (χ4v) is 3.10. The fraction of sp³-hybridized carbons (Fsp3) is 0.867. The van der Waals surface area contributed by atoms with Crippen molar-refractivity contribution in [2.45, 2.75) is 52.0 Å². The van der Waals surface area contributed by atoms with Crippen molar-refractivity contribution in [1.82, 2.24) is 10.2 Å². The highest BCUT2D eigenvalue weighted by Gasteiger charge is 2.35. The minimum Gasteiger partial charge on any atom is -0.481 e. The summed E-state index contributed by atoms with van der Waals surface area (Å²) >= 11 is 0. The Kier molecular flexibility index (Phi) is 4.89. The predicted molar refractivity (Wildman–Crippen MR) is 76.4 cm³/mol. The molecule has 0 bridgehead atoms. The van der Waals surface area contributed by atoms with E-state index in [9.17, 15) is 9.59 Å². The summed E-state index contributed by atoms with van der Waals surface area (Å²) in [6.07, 6.45) is 4.80. The van der Waals surface area contributed by atoms with Crippen LogP contribution in [-0.4, -0.2) is 41.1 Å². The van der Waals surface area contributed by atoms with Crippen LogP contribution in [0.15, 0.2) is 0 Å². The van der Waals surface area contributed by atoms with Gasteiger partial charge >= 0.3 is 12.0 Å². The van der Waals surface area contributed by atoms with E-state index in [1.54, 1.807) is 0 Å². The molecule has 2 N–H and O–H groups in total. The lowest BCUT2D eigenvalue weighted by atomic mass is 9.96. The molecule has 0 heterocycles. The lowest BCUT2D eigenvalue weighted by Gasteiger charge is -2.26. The summed E-state index contributed by atoms with van der Waals surface area (Å²) in [4.78, 5) is 25.3. The van der Waals surface area contributed by atoms with Gasteiger partial charge in [-0.2, -0.15) is 0 Å². The van der Waals surface area contributed by atoms with E-state index in [0.717, 1.165) is 38.6 Å². The van der Waals surface area contributed by atoms with E-state index < -0.39 is 5.97 Å². The summed E-state index contributed by atoms with van der Waals surface area (Å²) in [5.41, 5.74) is 0. The van der Waals surface area contributed by atoms with Gasteiger partial charge < -0.3 is 15.3 Å². The van der Waals surface area contributed by atoms with E-state index in [1.807, 2.05) is 4.90 Å². The monoisotopic (exact) mass is 282 g/mol. The molecule has 5 nitrogen and oxygen atoms in total. The highest BCUT2D eigenvalue weighted by molar-refractivity contribution is 5.75. The Labute approximate surface area is 120 Å². The maximum absolute atomic E-state index is 12.3. The van der Waals surface area contributed by atoms with Gasteiger partial charge in [-0.25, -0.2) is 4.79 Å². The minimum absolute atomic E-state index is 0.0164. The molecule has 2 rings (SSSR count). The molecule has 2 fully saturated rings. The molecule has 2 atom stereocenters. The molecule has 0 saturated heterocycles. The Morgan fingerprint density at radius 2 is 1.95 bits per heavy atom. The van der Waals surface area contributed by atoms with Crippen molar-refractivity contribution in [2.24, 2.45) is 17.8 Å². The molecule has 0 aromatic carbocycles. The zero-order chi connectivity index (χ0) is 14.7. The molecule has 2 amide bonds. The maximum Gasteiger partial charge on any atom is 0.317 e. The quantitative estimate of drug-likeness (QED) is 0.785. The molecular weight excluding hydrogens is 256 g/mol. The number of nitrogens with zero attached hydrogens (tertiary/aromatic N) is 1. The fourth-order valence-electron chi connectivity index (χ4n) is 3.10. The van der Waals surface area contributed by atoms with Crippen LogP contribution in [0.4, 0.5) is 4.79 Å². The van der Waals surface area contributed by atoms with E-state index in [0.29, 0.717) is 18.5 Å². The number of carboxylic acids is 1. The second-order valence-corrected chi connectivity index (χ2v) is 6.60. The number of nitrogens with one attached hydrogen (secondary N) is 1. The van der Waals surface area contributed by atoms with Crippen LogP contribution < -0.4 is 5.32 Å². The first-order valence-corrected chi connectivity index (χ1v) is 7.76. The molecule has 2 unspecified atom stereocenters. The first-order valence-electron chi connectivity index (χ1n) is 7.76. The van der Waals surface area contributed by atoms with Crippen molar-refractivity contribution in [3.63, 3.8) is 0 Å². The summed E-state index contributed by atoms with van der Waals surface area (Å²) in [5.74, 6) is -0.450. The SMILES string of the molecule is CC(C)CN(C(=O)NCC1CCCC1C(=O)O)C1CC1. The van der Waals surface area contributed by atoms with Crippen molar-refractivity contribution < 1.29 is 14.7 Å². The summed E-state index contributed by atoms with van der Waals surface area (Å²) < 4.78 is 0. The van der Waals surface area contributed by atoms with E-state index in [-0.39, 0.29) is 17.9 Å². The van der Waals surface area contributed by atoms with Crippen LogP contribution in [-0.2, 0) is 4.79 Å². The van der Waals surface area contributed by atoms with E-state index in [2.05, 4.69) is 19.2 Å². The average molecular weight is 282 g/mol. The van der Waals surface area contributed by atoms with E-state index in [4.69, 9.17) is 5.11 Å². The highest BCUT2D eigenvalue weighted by atomic mass is 16.4. The van der Waals surface area contributed by atoms with Gasteiger partial charge in [0.25, 0.3) is 0 Å². The molecule has 114 valence electrons. The number of amides is 2. The van der Waals surface area contributed by atoms with Gasteiger partial charge in [0.1, 0.15) is 0 Å². The standard InChI is InChI=1S/C15H26N2O3/c1-10(2)9-17(12-6-7-12)15(20)16-8-11-4-3-5-13(11)14(18)19/h10-13H,3-9H2,1-2H3,(H,16,20)(H,18,19). The van der Waals surface area contributed by atoms with Gasteiger partial charge in [-0.05, 0) is 37.5 Å². The van der Waals surface area contributed by atoms with Crippen LogP contribution in [0.1, 0.15) is 46.0 Å². The lowest BCUT2D eigenvalue weighted by Crippen LogP contribution is -2.45. The zero-order valence-electron chi connectivity index (χ0n) is 12.5. The first kappa shape index (κ1) is 15.1. The molecule has 2 saturated carbocycles. The Morgan fingerprint density at radius 3 is 2.50 bits per heavy atom. The topological polar surface area (TPSA) is 69.6 Å². The molecule has 2 aliphatic carbocycles. The van der Waals surface area contributed by atoms with Gasteiger partial charge in [0.15, 0.2) is 0 Å². The molecular formula is C15H26N2O3. The number of carbonyl (C=O) groups is 2. The highest BCUT2D eigenvalue weighted by Crippen LogP contribution is 2.32. The van der Waals surface area contributed by atoms with Gasteiger partial charge in [-0.15, -0.1) is 0 Å². The maximum atomic E-state index is 12.3. The van der Waals surface area contributed by atoms with Crippen LogP contribution in [0.2, 0.25) is 0 Å². The lowest BCUT2D eigenvalue weighted by molar-refractivity contribution is -0.142. The third-order valence-electron chi connectivity index (χ3n) is 4.30. The number of hydrogen-bond donors (Lipinski definition) is 2. The molecule has 20 heavy (non-hydrogen) atoms. The molecule has 5 heteroatoms. The van der Waals surface area contributed by atoms with Gasteiger partial charge in [0.05, 0.1) is 5.92 Å². The van der Waals surface area contributed by atoms with Crippen LogP contribution in [0.5, 0.6) is 0 Å². The van der Waals surface area contributed by atoms with Gasteiger partial charge in [0.2, 0.25) is 0 Å². The normalized spacial score (nSPS) is 25.8. The molecule has 2 aliphatic rings.